The van der Waals surface area contributed by atoms with Crippen molar-refractivity contribution in [1.82, 2.24) is 9.97 Å². The highest BCUT2D eigenvalue weighted by Crippen LogP contribution is 2.34. The van der Waals surface area contributed by atoms with E-state index in [1.807, 2.05) is 18.2 Å². The van der Waals surface area contributed by atoms with Crippen LogP contribution < -0.4 is 9.64 Å². The van der Waals surface area contributed by atoms with Crippen LogP contribution in [0.2, 0.25) is 5.02 Å². The van der Waals surface area contributed by atoms with Gasteiger partial charge in [-0.3, -0.25) is 0 Å². The fourth-order valence-electron chi connectivity index (χ4n) is 3.66. The number of aromatic nitrogens is 2. The van der Waals surface area contributed by atoms with E-state index in [9.17, 15) is 0 Å². The van der Waals surface area contributed by atoms with Gasteiger partial charge in [0.1, 0.15) is 5.75 Å². The Kier molecular flexibility index (Phi) is 6.55. The summed E-state index contributed by atoms with van der Waals surface area (Å²) in [7, 11) is 3.40. The molecule has 3 rings (SSSR count). The van der Waals surface area contributed by atoms with Crippen molar-refractivity contribution in [3.63, 3.8) is 0 Å². The molecule has 1 aromatic heterocycles. The number of rotatable bonds is 7. The molecule has 0 radical (unpaired) electrons. The summed E-state index contributed by atoms with van der Waals surface area (Å²) in [6, 6.07) is 5.71. The summed E-state index contributed by atoms with van der Waals surface area (Å²) >= 11 is 6.52. The summed E-state index contributed by atoms with van der Waals surface area (Å²) in [6.45, 7) is 7.01. The van der Waals surface area contributed by atoms with Gasteiger partial charge in [0.05, 0.1) is 35.8 Å². The zero-order valence-corrected chi connectivity index (χ0v) is 17.3. The van der Waals surface area contributed by atoms with Crippen LogP contribution in [0.3, 0.4) is 0 Å². The van der Waals surface area contributed by atoms with Crippen molar-refractivity contribution in [2.75, 3.05) is 38.8 Å². The van der Waals surface area contributed by atoms with E-state index in [1.54, 1.807) is 14.2 Å². The third-order valence-corrected chi connectivity index (χ3v) is 5.42. The van der Waals surface area contributed by atoms with E-state index in [0.717, 1.165) is 73.2 Å². The fraction of sp³-hybridized carbons (Fsp3) is 0.524. The molecule has 1 saturated heterocycles. The molecule has 0 amide bonds. The predicted octanol–water partition coefficient (Wildman–Crippen LogP) is 4.40. The van der Waals surface area contributed by atoms with Crippen LogP contribution in [0.25, 0.3) is 11.3 Å². The van der Waals surface area contributed by atoms with Gasteiger partial charge in [0.15, 0.2) is 5.82 Å². The van der Waals surface area contributed by atoms with Gasteiger partial charge in [0.25, 0.3) is 0 Å². The summed E-state index contributed by atoms with van der Waals surface area (Å²) in [4.78, 5) is 12.4. The summed E-state index contributed by atoms with van der Waals surface area (Å²) < 4.78 is 10.6. The van der Waals surface area contributed by atoms with Crippen LogP contribution in [0.15, 0.2) is 18.2 Å². The summed E-state index contributed by atoms with van der Waals surface area (Å²) in [5.41, 5.74) is 3.77. The molecule has 1 aromatic carbocycles. The number of methoxy groups -OCH3 is 2. The van der Waals surface area contributed by atoms with Crippen molar-refractivity contribution in [1.29, 1.82) is 0 Å². The average molecular weight is 390 g/mol. The van der Waals surface area contributed by atoms with Crippen LogP contribution in [-0.2, 0) is 17.6 Å². The Morgan fingerprint density at radius 1 is 1.15 bits per heavy atom. The van der Waals surface area contributed by atoms with Crippen molar-refractivity contribution in [2.45, 2.75) is 33.1 Å². The van der Waals surface area contributed by atoms with Crippen molar-refractivity contribution in [3.05, 3.63) is 34.6 Å². The molecule has 6 heteroatoms. The Morgan fingerprint density at radius 2 is 1.93 bits per heavy atom. The van der Waals surface area contributed by atoms with Crippen LogP contribution in [0.4, 0.5) is 5.82 Å². The van der Waals surface area contributed by atoms with E-state index in [2.05, 4.69) is 18.7 Å². The van der Waals surface area contributed by atoms with Crippen molar-refractivity contribution < 1.29 is 9.47 Å². The maximum absolute atomic E-state index is 6.52. The van der Waals surface area contributed by atoms with Crippen molar-refractivity contribution >= 4 is 17.4 Å². The number of halogens is 1. The van der Waals surface area contributed by atoms with Crippen LogP contribution in [0, 0.1) is 5.92 Å². The molecule has 27 heavy (non-hydrogen) atoms. The Labute approximate surface area is 166 Å². The first-order valence-electron chi connectivity index (χ1n) is 9.58. The van der Waals surface area contributed by atoms with Crippen LogP contribution in [0.1, 0.15) is 31.7 Å². The van der Waals surface area contributed by atoms with Gasteiger partial charge < -0.3 is 14.4 Å². The number of hydrogen-bond acceptors (Lipinski definition) is 5. The van der Waals surface area contributed by atoms with Gasteiger partial charge in [0.2, 0.25) is 0 Å². The molecule has 1 aliphatic heterocycles. The Morgan fingerprint density at radius 3 is 2.56 bits per heavy atom. The lowest BCUT2D eigenvalue weighted by Gasteiger charge is -2.22. The summed E-state index contributed by atoms with van der Waals surface area (Å²) in [5, 5.41) is 0.634. The molecule has 0 bridgehead atoms. The number of anilines is 1. The van der Waals surface area contributed by atoms with E-state index >= 15 is 0 Å². The largest absolute Gasteiger partial charge is 0.497 e. The quantitative estimate of drug-likeness (QED) is 0.702. The first kappa shape index (κ1) is 19.9. The molecule has 5 nitrogen and oxygen atoms in total. The molecule has 1 fully saturated rings. The maximum atomic E-state index is 6.52. The molecule has 0 aliphatic carbocycles. The number of aryl methyl sites for hydroxylation is 2. The van der Waals surface area contributed by atoms with Crippen molar-refractivity contribution in [3.8, 4) is 17.0 Å². The molecule has 2 heterocycles. The maximum Gasteiger partial charge on any atom is 0.150 e. The minimum absolute atomic E-state index is 0.558. The average Bonchev–Trinajstić information content (AvgIpc) is 3.15. The Hall–Kier alpha value is -1.85. The molecule has 0 spiro atoms. The number of ether oxygens (including phenoxy) is 2. The lowest BCUT2D eigenvalue weighted by molar-refractivity contribution is 0.161. The van der Waals surface area contributed by atoms with Gasteiger partial charge in [-0.15, -0.1) is 0 Å². The number of nitrogens with zero attached hydrogens (tertiary/aromatic N) is 3. The van der Waals surface area contributed by atoms with E-state index in [1.165, 1.54) is 0 Å². The van der Waals surface area contributed by atoms with E-state index in [-0.39, 0.29) is 0 Å². The first-order chi connectivity index (χ1) is 13.1. The lowest BCUT2D eigenvalue weighted by Crippen LogP contribution is -2.24. The monoisotopic (exact) mass is 389 g/mol. The third-order valence-electron chi connectivity index (χ3n) is 5.11. The number of hydrogen-bond donors (Lipinski definition) is 0. The fourth-order valence-corrected chi connectivity index (χ4v) is 3.92. The molecule has 0 saturated carbocycles. The zero-order chi connectivity index (χ0) is 19.4. The Bertz CT molecular complexity index is 797. The molecule has 0 unspecified atom stereocenters. The normalized spacial score (nSPS) is 16.8. The second-order valence-electron chi connectivity index (χ2n) is 6.90. The SMILES string of the molecule is CCc1nc(N2CC[C@@H](COC)C2)c(CC)nc1-c1ccc(OC)cc1Cl. The van der Waals surface area contributed by atoms with Gasteiger partial charge in [0, 0.05) is 31.7 Å². The summed E-state index contributed by atoms with van der Waals surface area (Å²) in [6.07, 6.45) is 2.77. The van der Waals surface area contributed by atoms with Crippen LogP contribution >= 0.6 is 11.6 Å². The third kappa shape index (κ3) is 4.19. The molecular formula is C21H28ClN3O2. The van der Waals surface area contributed by atoms with Gasteiger partial charge in [-0.05, 0) is 37.5 Å². The highest BCUT2D eigenvalue weighted by atomic mass is 35.5. The molecule has 2 aromatic rings. The van der Waals surface area contributed by atoms with Gasteiger partial charge in [-0.25, -0.2) is 9.97 Å². The molecular weight excluding hydrogens is 362 g/mol. The smallest absolute Gasteiger partial charge is 0.150 e. The highest BCUT2D eigenvalue weighted by Gasteiger charge is 2.26. The topological polar surface area (TPSA) is 47.5 Å². The molecule has 0 N–H and O–H groups in total. The standard InChI is InChI=1S/C21H28ClN3O2/c1-5-18-20(16-8-7-15(27-4)11-17(16)22)23-19(6-2)21(24-18)25-10-9-14(12-25)13-26-3/h7-8,11,14H,5-6,9-10,12-13H2,1-4H3/t14-/m1/s1. The van der Waals surface area contributed by atoms with E-state index in [4.69, 9.17) is 31.0 Å². The molecule has 146 valence electrons. The summed E-state index contributed by atoms with van der Waals surface area (Å²) in [5.74, 6) is 2.31. The van der Waals surface area contributed by atoms with E-state index < -0.39 is 0 Å². The first-order valence-corrected chi connectivity index (χ1v) is 9.96. The predicted molar refractivity (Wildman–Crippen MR) is 110 cm³/mol. The number of benzene rings is 1. The molecule has 1 atom stereocenters. The minimum Gasteiger partial charge on any atom is -0.497 e. The van der Waals surface area contributed by atoms with Gasteiger partial charge in [-0.2, -0.15) is 0 Å². The van der Waals surface area contributed by atoms with Gasteiger partial charge >= 0.3 is 0 Å². The van der Waals surface area contributed by atoms with E-state index in [0.29, 0.717) is 10.9 Å². The van der Waals surface area contributed by atoms with Crippen molar-refractivity contribution in [2.24, 2.45) is 5.92 Å². The molecule has 1 aliphatic rings. The second-order valence-corrected chi connectivity index (χ2v) is 7.31. The van der Waals surface area contributed by atoms with Gasteiger partial charge in [-0.1, -0.05) is 25.4 Å². The lowest BCUT2D eigenvalue weighted by atomic mass is 10.1. The Balaban J connectivity index is 2.00. The van der Waals surface area contributed by atoms with Crippen LogP contribution in [-0.4, -0.2) is 43.9 Å². The minimum atomic E-state index is 0.558. The van der Waals surface area contributed by atoms with Crippen LogP contribution in [0.5, 0.6) is 5.75 Å². The second kappa shape index (κ2) is 8.89. The highest BCUT2D eigenvalue weighted by molar-refractivity contribution is 6.33. The zero-order valence-electron chi connectivity index (χ0n) is 16.6.